The van der Waals surface area contributed by atoms with Crippen molar-refractivity contribution in [3.05, 3.63) is 29.8 Å². The Balaban J connectivity index is 0.000000527. The third kappa shape index (κ3) is 8.91. The molecule has 152 valence electrons. The van der Waals surface area contributed by atoms with Crippen molar-refractivity contribution in [2.45, 2.75) is 52.4 Å². The van der Waals surface area contributed by atoms with Gasteiger partial charge in [0.1, 0.15) is 5.75 Å². The lowest BCUT2D eigenvalue weighted by atomic mass is 9.86. The fourth-order valence-corrected chi connectivity index (χ4v) is 3.17. The summed E-state index contributed by atoms with van der Waals surface area (Å²) in [6, 6.07) is 8.45. The van der Waals surface area contributed by atoms with Crippen LogP contribution >= 0.6 is 0 Å². The number of nitrogens with zero attached hydrogens (tertiary/aromatic N) is 1. The van der Waals surface area contributed by atoms with Gasteiger partial charge in [-0.1, -0.05) is 45.9 Å². The fraction of sp³-hybridized carbons (Fsp3) is 0.619. The fourth-order valence-electron chi connectivity index (χ4n) is 3.17. The standard InChI is InChI=1S/C19H31NO.C2H2O4/c1-16-9-7-12-20(15-16)13-8-14-21-18-11-6-5-10-17(18)19(2,3)4;3-1(4)2(5)6/h5-6,10-11,16H,7-9,12-15H2,1-4H3;(H,3,4)(H,5,6). The maximum Gasteiger partial charge on any atom is 0.414 e. The maximum atomic E-state index is 9.10. The van der Waals surface area contributed by atoms with Gasteiger partial charge in [0, 0.05) is 13.1 Å². The molecule has 0 saturated carbocycles. The van der Waals surface area contributed by atoms with Crippen molar-refractivity contribution in [1.82, 2.24) is 4.90 Å². The van der Waals surface area contributed by atoms with E-state index in [2.05, 4.69) is 56.9 Å². The van der Waals surface area contributed by atoms with Crippen LogP contribution in [0, 0.1) is 5.92 Å². The summed E-state index contributed by atoms with van der Waals surface area (Å²) in [5.74, 6) is -1.73. The van der Waals surface area contributed by atoms with E-state index in [0.717, 1.165) is 24.7 Å². The van der Waals surface area contributed by atoms with E-state index in [1.54, 1.807) is 0 Å². The van der Waals surface area contributed by atoms with E-state index in [-0.39, 0.29) is 5.41 Å². The normalized spacial score (nSPS) is 17.6. The number of piperidine rings is 1. The molecule has 1 aliphatic rings. The zero-order chi connectivity index (χ0) is 20.4. The van der Waals surface area contributed by atoms with Gasteiger partial charge in [0.25, 0.3) is 0 Å². The van der Waals surface area contributed by atoms with Crippen LogP contribution in [0.25, 0.3) is 0 Å². The molecule has 2 N–H and O–H groups in total. The highest BCUT2D eigenvalue weighted by Crippen LogP contribution is 2.31. The minimum atomic E-state index is -1.82. The van der Waals surface area contributed by atoms with Crippen molar-refractivity contribution in [3.8, 4) is 5.75 Å². The average molecular weight is 379 g/mol. The molecule has 1 atom stereocenters. The molecule has 1 aliphatic heterocycles. The Morgan fingerprint density at radius 2 is 1.81 bits per heavy atom. The number of hydrogen-bond donors (Lipinski definition) is 2. The second-order valence-corrected chi connectivity index (χ2v) is 8.11. The van der Waals surface area contributed by atoms with Gasteiger partial charge in [-0.25, -0.2) is 9.59 Å². The van der Waals surface area contributed by atoms with E-state index in [0.29, 0.717) is 0 Å². The van der Waals surface area contributed by atoms with Crippen LogP contribution in [0.5, 0.6) is 5.75 Å². The van der Waals surface area contributed by atoms with Gasteiger partial charge in [-0.05, 0) is 48.8 Å². The van der Waals surface area contributed by atoms with Crippen LogP contribution in [0.15, 0.2) is 24.3 Å². The number of rotatable bonds is 5. The summed E-state index contributed by atoms with van der Waals surface area (Å²) in [4.78, 5) is 20.8. The van der Waals surface area contributed by atoms with Gasteiger partial charge in [0.2, 0.25) is 0 Å². The molecule has 0 amide bonds. The van der Waals surface area contributed by atoms with Gasteiger partial charge >= 0.3 is 11.9 Å². The third-order valence-electron chi connectivity index (χ3n) is 4.50. The Hall–Kier alpha value is -2.08. The Kier molecular flexibility index (Phi) is 9.29. The second kappa shape index (κ2) is 10.9. The van der Waals surface area contributed by atoms with E-state index >= 15 is 0 Å². The number of aliphatic carboxylic acids is 2. The number of hydrogen-bond acceptors (Lipinski definition) is 4. The molecule has 1 heterocycles. The van der Waals surface area contributed by atoms with Crippen molar-refractivity contribution >= 4 is 11.9 Å². The van der Waals surface area contributed by atoms with Crippen LogP contribution in [-0.2, 0) is 15.0 Å². The Labute approximate surface area is 162 Å². The molecule has 0 bridgehead atoms. The lowest BCUT2D eigenvalue weighted by Gasteiger charge is -2.30. The van der Waals surface area contributed by atoms with Gasteiger partial charge in [-0.3, -0.25) is 0 Å². The van der Waals surface area contributed by atoms with Gasteiger partial charge in [0.05, 0.1) is 6.61 Å². The lowest BCUT2D eigenvalue weighted by molar-refractivity contribution is -0.159. The summed E-state index contributed by atoms with van der Waals surface area (Å²) < 4.78 is 6.05. The molecule has 0 aliphatic carbocycles. The minimum Gasteiger partial charge on any atom is -0.493 e. The molecule has 6 heteroatoms. The van der Waals surface area contributed by atoms with E-state index < -0.39 is 11.9 Å². The molecule has 27 heavy (non-hydrogen) atoms. The zero-order valence-corrected chi connectivity index (χ0v) is 16.9. The van der Waals surface area contributed by atoms with Gasteiger partial charge in [0.15, 0.2) is 0 Å². The number of benzene rings is 1. The summed E-state index contributed by atoms with van der Waals surface area (Å²) >= 11 is 0. The maximum absolute atomic E-state index is 9.10. The molecule has 0 aromatic heterocycles. The number of likely N-dealkylation sites (tertiary alicyclic amines) is 1. The first kappa shape index (κ1) is 23.0. The highest BCUT2D eigenvalue weighted by molar-refractivity contribution is 6.27. The smallest absolute Gasteiger partial charge is 0.414 e. The highest BCUT2D eigenvalue weighted by Gasteiger charge is 2.19. The highest BCUT2D eigenvalue weighted by atomic mass is 16.5. The predicted octanol–water partition coefficient (Wildman–Crippen LogP) is 3.64. The van der Waals surface area contributed by atoms with Gasteiger partial charge in [-0.2, -0.15) is 0 Å². The second-order valence-electron chi connectivity index (χ2n) is 8.11. The number of ether oxygens (including phenoxy) is 1. The van der Waals surface area contributed by atoms with Crippen LogP contribution in [0.3, 0.4) is 0 Å². The molecular formula is C21H33NO5. The molecular weight excluding hydrogens is 346 g/mol. The molecule has 1 aromatic rings. The SMILES string of the molecule is CC1CCCN(CCCOc2ccccc2C(C)(C)C)C1.O=C(O)C(=O)O. The van der Waals surface area contributed by atoms with Gasteiger partial charge in [-0.15, -0.1) is 0 Å². The van der Waals surface area contributed by atoms with Crippen molar-refractivity contribution in [2.75, 3.05) is 26.2 Å². The number of carboxylic acid groups (broad SMARTS) is 2. The van der Waals surface area contributed by atoms with Crippen molar-refractivity contribution in [2.24, 2.45) is 5.92 Å². The summed E-state index contributed by atoms with van der Waals surface area (Å²) in [5, 5.41) is 14.8. The molecule has 1 aromatic carbocycles. The van der Waals surface area contributed by atoms with Crippen LogP contribution in [-0.4, -0.2) is 53.3 Å². The van der Waals surface area contributed by atoms with Crippen LogP contribution in [0.4, 0.5) is 0 Å². The Morgan fingerprint density at radius 3 is 2.37 bits per heavy atom. The molecule has 1 saturated heterocycles. The summed E-state index contributed by atoms with van der Waals surface area (Å²) in [5.41, 5.74) is 1.44. The van der Waals surface area contributed by atoms with E-state index in [1.165, 1.54) is 38.0 Å². The number of carbonyl (C=O) groups is 2. The predicted molar refractivity (Wildman–Crippen MR) is 105 cm³/mol. The summed E-state index contributed by atoms with van der Waals surface area (Å²) in [6.07, 6.45) is 3.87. The van der Waals surface area contributed by atoms with Crippen molar-refractivity contribution < 1.29 is 24.5 Å². The number of carboxylic acids is 2. The first-order valence-electron chi connectivity index (χ1n) is 9.52. The molecule has 2 rings (SSSR count). The lowest BCUT2D eigenvalue weighted by Crippen LogP contribution is -2.35. The van der Waals surface area contributed by atoms with Crippen molar-refractivity contribution in [3.63, 3.8) is 0 Å². The largest absolute Gasteiger partial charge is 0.493 e. The first-order valence-corrected chi connectivity index (χ1v) is 9.52. The zero-order valence-electron chi connectivity index (χ0n) is 16.9. The van der Waals surface area contributed by atoms with Crippen LogP contribution in [0.1, 0.15) is 52.5 Å². The van der Waals surface area contributed by atoms with Gasteiger partial charge < -0.3 is 19.8 Å². The number of para-hydroxylation sites is 1. The molecule has 1 unspecified atom stereocenters. The third-order valence-corrected chi connectivity index (χ3v) is 4.50. The topological polar surface area (TPSA) is 87.1 Å². The van der Waals surface area contributed by atoms with Crippen LogP contribution in [0.2, 0.25) is 0 Å². The molecule has 1 fully saturated rings. The Bertz CT molecular complexity index is 597. The molecule has 0 radical (unpaired) electrons. The molecule has 6 nitrogen and oxygen atoms in total. The monoisotopic (exact) mass is 379 g/mol. The quantitative estimate of drug-likeness (QED) is 0.600. The van der Waals surface area contributed by atoms with E-state index in [9.17, 15) is 0 Å². The summed E-state index contributed by atoms with van der Waals surface area (Å²) in [7, 11) is 0. The first-order chi connectivity index (χ1) is 12.6. The van der Waals surface area contributed by atoms with E-state index in [1.807, 2.05) is 0 Å². The average Bonchev–Trinajstić information content (AvgIpc) is 2.59. The summed E-state index contributed by atoms with van der Waals surface area (Å²) in [6.45, 7) is 13.6. The van der Waals surface area contributed by atoms with Crippen molar-refractivity contribution in [1.29, 1.82) is 0 Å². The minimum absolute atomic E-state index is 0.138. The molecule has 0 spiro atoms. The van der Waals surface area contributed by atoms with Crippen LogP contribution < -0.4 is 4.74 Å². The Morgan fingerprint density at radius 1 is 1.19 bits per heavy atom. The van der Waals surface area contributed by atoms with E-state index in [4.69, 9.17) is 24.5 Å².